The molecule has 1 N–H and O–H groups in total. The summed E-state index contributed by atoms with van der Waals surface area (Å²) >= 11 is 0. The predicted molar refractivity (Wildman–Crippen MR) is 105 cm³/mol. The number of rotatable bonds is 5. The van der Waals surface area contributed by atoms with Gasteiger partial charge in [0.25, 0.3) is 11.5 Å². The van der Waals surface area contributed by atoms with Crippen LogP contribution in [0.1, 0.15) is 41.3 Å². The third kappa shape index (κ3) is 4.50. The molecule has 27 heavy (non-hydrogen) atoms. The zero-order valence-electron chi connectivity index (χ0n) is 15.3. The molecule has 2 aromatic carbocycles. The molecule has 0 radical (unpaired) electrons. The van der Waals surface area contributed by atoms with Gasteiger partial charge in [0.2, 0.25) is 0 Å². The molecule has 0 atom stereocenters. The number of hydrogen-bond acceptors (Lipinski definition) is 2. The van der Waals surface area contributed by atoms with Crippen molar-refractivity contribution in [1.29, 1.82) is 0 Å². The maximum absolute atomic E-state index is 13.0. The Morgan fingerprint density at radius 2 is 1.70 bits per heavy atom. The number of anilines is 1. The monoisotopic (exact) mass is 364 g/mol. The fraction of sp³-hybridized carbons (Fsp3) is 0.182. The molecule has 138 valence electrons. The highest BCUT2D eigenvalue weighted by Crippen LogP contribution is 2.17. The van der Waals surface area contributed by atoms with Gasteiger partial charge in [0.15, 0.2) is 0 Å². The Balaban J connectivity index is 1.79. The highest BCUT2D eigenvalue weighted by molar-refractivity contribution is 6.03. The van der Waals surface area contributed by atoms with Gasteiger partial charge in [-0.3, -0.25) is 9.59 Å². The molecule has 3 aromatic rings. The fourth-order valence-corrected chi connectivity index (χ4v) is 2.77. The summed E-state index contributed by atoms with van der Waals surface area (Å²) in [5.74, 6) is -0.379. The Hall–Kier alpha value is -3.21. The van der Waals surface area contributed by atoms with E-state index in [0.29, 0.717) is 11.6 Å². The molecule has 0 fully saturated rings. The van der Waals surface area contributed by atoms with Crippen LogP contribution >= 0.6 is 0 Å². The van der Waals surface area contributed by atoms with Crippen molar-refractivity contribution in [3.63, 3.8) is 0 Å². The number of hydrogen-bond donors (Lipinski definition) is 1. The molecule has 0 saturated carbocycles. The van der Waals surface area contributed by atoms with Crippen LogP contribution < -0.4 is 10.9 Å². The van der Waals surface area contributed by atoms with E-state index >= 15 is 0 Å². The minimum Gasteiger partial charge on any atom is -0.322 e. The minimum atomic E-state index is -0.453. The molecule has 1 amide bonds. The number of nitrogens with one attached hydrogen (secondary N) is 1. The second kappa shape index (κ2) is 7.99. The highest BCUT2D eigenvalue weighted by atomic mass is 19.1. The maximum Gasteiger partial charge on any atom is 0.263 e. The van der Waals surface area contributed by atoms with E-state index in [9.17, 15) is 14.0 Å². The highest BCUT2D eigenvalue weighted by Gasteiger charge is 2.13. The fourth-order valence-electron chi connectivity index (χ4n) is 2.77. The Morgan fingerprint density at radius 1 is 1.04 bits per heavy atom. The molecule has 0 aliphatic carbocycles. The first-order valence-electron chi connectivity index (χ1n) is 8.79. The number of pyridine rings is 1. The SMILES string of the molecule is CC(C)c1ccc(NC(=O)c2cccn(Cc3ccc(F)cc3)c2=O)cc1. The number of carbonyl (C=O) groups excluding carboxylic acids is 1. The third-order valence-electron chi connectivity index (χ3n) is 4.37. The summed E-state index contributed by atoms with van der Waals surface area (Å²) in [6, 6.07) is 16.6. The summed E-state index contributed by atoms with van der Waals surface area (Å²) in [4.78, 5) is 25.2. The predicted octanol–water partition coefficient (Wildman–Crippen LogP) is 4.41. The number of benzene rings is 2. The van der Waals surface area contributed by atoms with E-state index in [2.05, 4.69) is 19.2 Å². The van der Waals surface area contributed by atoms with Gasteiger partial charge in [0, 0.05) is 11.9 Å². The number of carbonyl (C=O) groups is 1. The molecule has 0 saturated heterocycles. The molecule has 0 aliphatic heterocycles. The molecule has 4 nitrogen and oxygen atoms in total. The molecule has 5 heteroatoms. The van der Waals surface area contributed by atoms with Crippen molar-refractivity contribution in [2.45, 2.75) is 26.3 Å². The lowest BCUT2D eigenvalue weighted by Gasteiger charge is -2.10. The van der Waals surface area contributed by atoms with Crippen molar-refractivity contribution in [2.75, 3.05) is 5.32 Å². The van der Waals surface area contributed by atoms with Crippen LogP contribution in [-0.2, 0) is 6.54 Å². The quantitative estimate of drug-likeness (QED) is 0.729. The van der Waals surface area contributed by atoms with Gasteiger partial charge >= 0.3 is 0 Å². The summed E-state index contributed by atoms with van der Waals surface area (Å²) in [5.41, 5.74) is 2.26. The van der Waals surface area contributed by atoms with Crippen molar-refractivity contribution in [1.82, 2.24) is 4.57 Å². The van der Waals surface area contributed by atoms with Crippen LogP contribution in [-0.4, -0.2) is 10.5 Å². The summed E-state index contributed by atoms with van der Waals surface area (Å²) < 4.78 is 14.5. The number of amides is 1. The van der Waals surface area contributed by atoms with Crippen molar-refractivity contribution in [3.8, 4) is 0 Å². The zero-order valence-corrected chi connectivity index (χ0v) is 15.3. The van der Waals surface area contributed by atoms with Crippen LogP contribution in [0.5, 0.6) is 0 Å². The molecule has 0 spiro atoms. The van der Waals surface area contributed by atoms with Crippen molar-refractivity contribution < 1.29 is 9.18 Å². The van der Waals surface area contributed by atoms with Crippen LogP contribution in [0.25, 0.3) is 0 Å². The van der Waals surface area contributed by atoms with Crippen LogP contribution in [0.3, 0.4) is 0 Å². The summed E-state index contributed by atoms with van der Waals surface area (Å²) in [6.07, 6.45) is 1.61. The van der Waals surface area contributed by atoms with E-state index in [1.54, 1.807) is 24.4 Å². The molecular weight excluding hydrogens is 343 g/mol. The zero-order chi connectivity index (χ0) is 19.4. The Morgan fingerprint density at radius 3 is 2.33 bits per heavy atom. The van der Waals surface area contributed by atoms with E-state index in [1.807, 2.05) is 24.3 Å². The normalized spacial score (nSPS) is 10.8. The number of nitrogens with zero attached hydrogens (tertiary/aromatic N) is 1. The molecular formula is C22H21FN2O2. The minimum absolute atomic E-state index is 0.0625. The largest absolute Gasteiger partial charge is 0.322 e. The van der Waals surface area contributed by atoms with E-state index in [0.717, 1.165) is 5.56 Å². The van der Waals surface area contributed by atoms with Gasteiger partial charge in [0.05, 0.1) is 6.54 Å². The average molecular weight is 364 g/mol. The molecule has 0 unspecified atom stereocenters. The lowest BCUT2D eigenvalue weighted by Crippen LogP contribution is -2.29. The van der Waals surface area contributed by atoms with Gasteiger partial charge in [-0.25, -0.2) is 4.39 Å². The van der Waals surface area contributed by atoms with Gasteiger partial charge < -0.3 is 9.88 Å². The molecule has 0 aliphatic rings. The first-order valence-corrected chi connectivity index (χ1v) is 8.79. The van der Waals surface area contributed by atoms with E-state index in [4.69, 9.17) is 0 Å². The Bertz CT molecular complexity index is 990. The topological polar surface area (TPSA) is 51.1 Å². The Kier molecular flexibility index (Phi) is 5.50. The van der Waals surface area contributed by atoms with E-state index in [-0.39, 0.29) is 17.9 Å². The molecule has 0 bridgehead atoms. The number of halogens is 1. The lowest BCUT2D eigenvalue weighted by atomic mass is 10.0. The first kappa shape index (κ1) is 18.6. The second-order valence-electron chi connectivity index (χ2n) is 6.71. The number of aromatic nitrogens is 1. The lowest BCUT2D eigenvalue weighted by molar-refractivity contribution is 0.102. The van der Waals surface area contributed by atoms with Gasteiger partial charge in [-0.1, -0.05) is 38.1 Å². The van der Waals surface area contributed by atoms with Crippen molar-refractivity contribution in [2.24, 2.45) is 0 Å². The Labute approximate surface area is 157 Å². The molecule has 3 rings (SSSR count). The van der Waals surface area contributed by atoms with E-state index < -0.39 is 11.5 Å². The third-order valence-corrected chi connectivity index (χ3v) is 4.37. The van der Waals surface area contributed by atoms with Gasteiger partial charge in [-0.15, -0.1) is 0 Å². The van der Waals surface area contributed by atoms with Crippen molar-refractivity contribution in [3.05, 3.63) is 99.7 Å². The van der Waals surface area contributed by atoms with Crippen LogP contribution in [0.2, 0.25) is 0 Å². The summed E-state index contributed by atoms with van der Waals surface area (Å²) in [6.45, 7) is 4.46. The standard InChI is InChI=1S/C22H21FN2O2/c1-15(2)17-7-11-19(12-8-17)24-21(26)20-4-3-13-25(22(20)27)14-16-5-9-18(23)10-6-16/h3-13,15H,14H2,1-2H3,(H,24,26). The van der Waals surface area contributed by atoms with E-state index in [1.165, 1.54) is 28.3 Å². The van der Waals surface area contributed by atoms with Crippen LogP contribution in [0, 0.1) is 5.82 Å². The second-order valence-corrected chi connectivity index (χ2v) is 6.71. The smallest absolute Gasteiger partial charge is 0.263 e. The first-order chi connectivity index (χ1) is 12.9. The van der Waals surface area contributed by atoms with Gasteiger partial charge in [0.1, 0.15) is 11.4 Å². The molecule has 1 heterocycles. The molecule has 1 aromatic heterocycles. The van der Waals surface area contributed by atoms with Crippen molar-refractivity contribution >= 4 is 11.6 Å². The average Bonchev–Trinajstić information content (AvgIpc) is 2.65. The summed E-state index contributed by atoms with van der Waals surface area (Å²) in [7, 11) is 0. The maximum atomic E-state index is 13.0. The van der Waals surface area contributed by atoms with Gasteiger partial charge in [-0.05, 0) is 53.4 Å². The summed E-state index contributed by atoms with van der Waals surface area (Å²) in [5, 5.41) is 2.76. The van der Waals surface area contributed by atoms with Crippen LogP contribution in [0.4, 0.5) is 10.1 Å². The van der Waals surface area contributed by atoms with Crippen LogP contribution in [0.15, 0.2) is 71.7 Å². The van der Waals surface area contributed by atoms with Gasteiger partial charge in [-0.2, -0.15) is 0 Å².